The lowest BCUT2D eigenvalue weighted by atomic mass is 9.93. The van der Waals surface area contributed by atoms with Crippen molar-refractivity contribution in [2.45, 2.75) is 18.5 Å². The van der Waals surface area contributed by atoms with E-state index in [1.54, 1.807) is 44.6 Å². The molecule has 2 aromatic carbocycles. The van der Waals surface area contributed by atoms with Crippen molar-refractivity contribution in [2.75, 3.05) is 14.2 Å². The zero-order valence-electron chi connectivity index (χ0n) is 17.0. The Morgan fingerprint density at radius 3 is 2.06 bits per heavy atom. The van der Waals surface area contributed by atoms with E-state index in [9.17, 15) is 20.1 Å². The third-order valence-corrected chi connectivity index (χ3v) is 4.84. The fourth-order valence-corrected chi connectivity index (χ4v) is 3.10. The molecule has 1 aliphatic rings. The molecule has 1 fully saturated rings. The van der Waals surface area contributed by atoms with E-state index in [1.807, 2.05) is 24.3 Å². The van der Waals surface area contributed by atoms with E-state index in [0.29, 0.717) is 29.8 Å². The molecular weight excluding hydrogens is 404 g/mol. The first kappa shape index (κ1) is 22.2. The summed E-state index contributed by atoms with van der Waals surface area (Å²) in [6.45, 7) is 0. The molecule has 8 heteroatoms. The van der Waals surface area contributed by atoms with Crippen LogP contribution in [0, 0.1) is 5.92 Å². The van der Waals surface area contributed by atoms with Gasteiger partial charge in [0.25, 0.3) is 6.29 Å². The third-order valence-electron chi connectivity index (χ3n) is 4.84. The van der Waals surface area contributed by atoms with Gasteiger partial charge in [-0.25, -0.2) is 0 Å². The summed E-state index contributed by atoms with van der Waals surface area (Å²) >= 11 is 0. The lowest BCUT2D eigenvalue weighted by molar-refractivity contribution is -0.192. The van der Waals surface area contributed by atoms with E-state index in [1.165, 1.54) is 0 Å². The number of benzene rings is 2. The van der Waals surface area contributed by atoms with Gasteiger partial charge in [-0.15, -0.1) is 0 Å². The van der Waals surface area contributed by atoms with Crippen LogP contribution in [0.15, 0.2) is 54.5 Å². The van der Waals surface area contributed by atoms with Crippen LogP contribution in [0.3, 0.4) is 0 Å². The van der Waals surface area contributed by atoms with Crippen LogP contribution >= 0.6 is 0 Å². The zero-order chi connectivity index (χ0) is 22.4. The average molecular weight is 428 g/mol. The van der Waals surface area contributed by atoms with Crippen molar-refractivity contribution in [3.05, 3.63) is 65.6 Å². The van der Waals surface area contributed by atoms with Gasteiger partial charge in [-0.3, -0.25) is 0 Å². The number of rotatable bonds is 7. The van der Waals surface area contributed by atoms with Crippen molar-refractivity contribution in [1.82, 2.24) is 0 Å². The molecule has 0 aliphatic carbocycles. The molecule has 3 rings (SSSR count). The number of aliphatic hydroxyl groups is 3. The van der Waals surface area contributed by atoms with Crippen LogP contribution in [0.25, 0.3) is 12.2 Å². The van der Waals surface area contributed by atoms with Gasteiger partial charge in [0.05, 0.1) is 20.1 Å². The maximum atomic E-state index is 11.2. The van der Waals surface area contributed by atoms with Crippen molar-refractivity contribution < 1.29 is 39.1 Å². The van der Waals surface area contributed by atoms with E-state index in [4.69, 9.17) is 18.9 Å². The van der Waals surface area contributed by atoms with Crippen LogP contribution in [0.4, 0.5) is 0 Å². The number of carbonyl (C=O) groups is 1. The molecular formula is C23H24O8. The van der Waals surface area contributed by atoms with Gasteiger partial charge >= 0.3 is 0 Å². The van der Waals surface area contributed by atoms with E-state index >= 15 is 0 Å². The van der Waals surface area contributed by atoms with Crippen molar-refractivity contribution in [1.29, 1.82) is 0 Å². The molecule has 1 aliphatic heterocycles. The highest BCUT2D eigenvalue weighted by molar-refractivity contribution is 5.71. The van der Waals surface area contributed by atoms with Gasteiger partial charge in [-0.2, -0.15) is 0 Å². The Labute approximate surface area is 179 Å². The summed E-state index contributed by atoms with van der Waals surface area (Å²) in [7, 11) is 3.18. The second kappa shape index (κ2) is 10.0. The minimum absolute atomic E-state index is 0.249. The van der Waals surface area contributed by atoms with Crippen LogP contribution in [-0.2, 0) is 9.53 Å². The number of aliphatic hydroxyl groups excluding tert-OH is 3. The predicted octanol–water partition coefficient (Wildman–Crippen LogP) is 2.55. The maximum Gasteiger partial charge on any atom is 0.267 e. The number of aldehydes is 1. The van der Waals surface area contributed by atoms with Crippen LogP contribution in [0.1, 0.15) is 11.1 Å². The summed E-state index contributed by atoms with van der Waals surface area (Å²) in [6.07, 6.45) is 0.643. The average Bonchev–Trinajstić information content (AvgIpc) is 2.80. The van der Waals surface area contributed by atoms with Crippen molar-refractivity contribution in [3.63, 3.8) is 0 Å². The largest absolute Gasteiger partial charge is 0.512 e. The Hall–Kier alpha value is -3.49. The summed E-state index contributed by atoms with van der Waals surface area (Å²) in [4.78, 5) is 11.2. The second-order valence-electron chi connectivity index (χ2n) is 6.83. The Kier molecular flexibility index (Phi) is 7.17. The fraction of sp³-hybridized carbons (Fsp3) is 0.261. The topological polar surface area (TPSA) is 115 Å². The first-order valence-electron chi connectivity index (χ1n) is 9.49. The Morgan fingerprint density at radius 1 is 0.903 bits per heavy atom. The molecule has 1 saturated heterocycles. The number of ether oxygens (including phenoxy) is 4. The van der Waals surface area contributed by atoms with Crippen molar-refractivity contribution in [3.8, 4) is 17.2 Å². The van der Waals surface area contributed by atoms with Crippen molar-refractivity contribution in [2.24, 2.45) is 5.92 Å². The van der Waals surface area contributed by atoms with Crippen molar-refractivity contribution >= 4 is 18.4 Å². The maximum absolute atomic E-state index is 11.2. The zero-order valence-corrected chi connectivity index (χ0v) is 17.0. The molecule has 0 radical (unpaired) electrons. The summed E-state index contributed by atoms with van der Waals surface area (Å²) in [5, 5.41) is 29.3. The van der Waals surface area contributed by atoms with Gasteiger partial charge in [-0.1, -0.05) is 24.3 Å². The monoisotopic (exact) mass is 428 g/mol. The molecule has 31 heavy (non-hydrogen) atoms. The molecule has 0 bridgehead atoms. The minimum Gasteiger partial charge on any atom is -0.512 e. The molecule has 0 aromatic heterocycles. The van der Waals surface area contributed by atoms with Gasteiger partial charge in [0.1, 0.15) is 42.0 Å². The van der Waals surface area contributed by atoms with Gasteiger partial charge < -0.3 is 39.1 Å². The van der Waals surface area contributed by atoms with Gasteiger partial charge in [0.2, 0.25) is 0 Å². The summed E-state index contributed by atoms with van der Waals surface area (Å²) in [5.41, 5.74) is 1.79. The van der Waals surface area contributed by atoms with Crippen LogP contribution in [0.5, 0.6) is 17.2 Å². The van der Waals surface area contributed by atoms with E-state index in [0.717, 1.165) is 11.1 Å². The molecule has 1 unspecified atom stereocenters. The Bertz CT molecular complexity index is 928. The molecule has 8 nitrogen and oxygen atoms in total. The molecule has 0 spiro atoms. The number of methoxy groups -OCH3 is 2. The smallest absolute Gasteiger partial charge is 0.267 e. The van der Waals surface area contributed by atoms with E-state index < -0.39 is 24.4 Å². The number of carbonyl (C=O) groups excluding carboxylic acids is 1. The second-order valence-corrected chi connectivity index (χ2v) is 6.83. The molecule has 0 amide bonds. The van der Waals surface area contributed by atoms with Gasteiger partial charge in [-0.05, 0) is 35.4 Å². The standard InChI is InChI=1S/C23H24O8/c1-28-17-9-15(10-18(11-17)29-2)4-3-14-5-7-16(8-6-14)30-23-22(27)19(12-24)21(26)20(13-25)31-23/h3-13,19,21-23,25-27H,1-2H3/b4-3+,20-13+/t19-,21-,22+,23?/m0/s1. The van der Waals surface area contributed by atoms with Gasteiger partial charge in [0, 0.05) is 6.07 Å². The number of hydrogen-bond acceptors (Lipinski definition) is 8. The van der Waals surface area contributed by atoms with Crippen LogP contribution in [-0.4, -0.2) is 54.3 Å². The lowest BCUT2D eigenvalue weighted by Gasteiger charge is -2.36. The van der Waals surface area contributed by atoms with E-state index in [2.05, 4.69) is 0 Å². The summed E-state index contributed by atoms with van der Waals surface area (Å²) < 4.78 is 21.4. The van der Waals surface area contributed by atoms with Crippen LogP contribution in [0.2, 0.25) is 0 Å². The molecule has 164 valence electrons. The SMILES string of the molecule is COc1cc(/C=C/c2ccc(OC3O/C(=C/O)[C@@H](O)[C@H](C=O)[C@H]3O)cc2)cc(OC)c1. The van der Waals surface area contributed by atoms with Crippen LogP contribution < -0.4 is 14.2 Å². The fourth-order valence-electron chi connectivity index (χ4n) is 3.10. The molecule has 4 atom stereocenters. The quantitative estimate of drug-likeness (QED) is 0.350. The lowest BCUT2D eigenvalue weighted by Crippen LogP contribution is -2.51. The normalized spacial score (nSPS) is 24.6. The Balaban J connectivity index is 1.70. The van der Waals surface area contributed by atoms with Gasteiger partial charge in [0.15, 0.2) is 5.76 Å². The molecule has 3 N–H and O–H groups in total. The molecule has 0 saturated carbocycles. The van der Waals surface area contributed by atoms with E-state index in [-0.39, 0.29) is 5.76 Å². The summed E-state index contributed by atoms with van der Waals surface area (Å²) in [6, 6.07) is 12.5. The molecule has 1 heterocycles. The molecule has 2 aromatic rings. The third kappa shape index (κ3) is 5.17. The first-order valence-corrected chi connectivity index (χ1v) is 9.49. The minimum atomic E-state index is -1.44. The highest BCUT2D eigenvalue weighted by atomic mass is 16.7. The Morgan fingerprint density at radius 2 is 1.52 bits per heavy atom. The highest BCUT2D eigenvalue weighted by Gasteiger charge is 2.43. The number of hydrogen-bond donors (Lipinski definition) is 3. The summed E-state index contributed by atoms with van der Waals surface area (Å²) in [5.74, 6) is 0.315. The first-order chi connectivity index (χ1) is 15.0. The highest BCUT2D eigenvalue weighted by Crippen LogP contribution is 2.29. The predicted molar refractivity (Wildman–Crippen MR) is 113 cm³/mol.